The fraction of sp³-hybridized carbons (Fsp3) is 0.542. The normalized spacial score (nSPS) is 19.8. The van der Waals surface area contributed by atoms with Gasteiger partial charge in [-0.05, 0) is 39.2 Å². The van der Waals surface area contributed by atoms with E-state index in [2.05, 4.69) is 40.7 Å². The van der Waals surface area contributed by atoms with Crippen molar-refractivity contribution in [2.45, 2.75) is 71.6 Å². The predicted octanol–water partition coefficient (Wildman–Crippen LogP) is 3.14. The number of rotatable bonds is 7. The third kappa shape index (κ3) is 4.24. The van der Waals surface area contributed by atoms with Crippen molar-refractivity contribution in [1.82, 2.24) is 24.6 Å². The molecule has 0 saturated carbocycles. The molecule has 7 nitrogen and oxygen atoms in total. The Kier molecular flexibility index (Phi) is 6.41. The van der Waals surface area contributed by atoms with Crippen LogP contribution in [0, 0.1) is 0 Å². The van der Waals surface area contributed by atoms with Gasteiger partial charge in [0.05, 0.1) is 6.20 Å². The molecule has 1 N–H and O–H groups in total. The van der Waals surface area contributed by atoms with Gasteiger partial charge in [-0.15, -0.1) is 0 Å². The van der Waals surface area contributed by atoms with Crippen molar-refractivity contribution in [3.63, 3.8) is 0 Å². The van der Waals surface area contributed by atoms with E-state index < -0.39 is 0 Å². The van der Waals surface area contributed by atoms with Crippen LogP contribution in [0.1, 0.15) is 46.5 Å². The smallest absolute Gasteiger partial charge is 0.291 e. The molecule has 1 amide bonds. The molecular weight excluding hydrogens is 390 g/mol. The first-order chi connectivity index (χ1) is 15.0. The summed E-state index contributed by atoms with van der Waals surface area (Å²) in [5, 5.41) is 9.16. The van der Waals surface area contributed by atoms with Gasteiger partial charge in [0, 0.05) is 48.0 Å². The van der Waals surface area contributed by atoms with Gasteiger partial charge in [0.15, 0.2) is 0 Å². The summed E-state index contributed by atoms with van der Waals surface area (Å²) in [6, 6.07) is 9.10. The lowest BCUT2D eigenvalue weighted by Crippen LogP contribution is -2.47. The minimum absolute atomic E-state index is 0.0620. The lowest BCUT2D eigenvalue weighted by Gasteiger charge is -2.39. The number of likely N-dealkylation sites (tertiary alicyclic amines) is 1. The minimum atomic E-state index is -0.212. The van der Waals surface area contributed by atoms with E-state index in [1.807, 2.05) is 24.3 Å². The summed E-state index contributed by atoms with van der Waals surface area (Å²) >= 11 is 0. The number of hydrogen-bond donors (Lipinski definition) is 1. The molecule has 1 aliphatic heterocycles. The highest BCUT2D eigenvalue weighted by Crippen LogP contribution is 2.26. The lowest BCUT2D eigenvalue weighted by molar-refractivity contribution is -0.122. The van der Waals surface area contributed by atoms with Gasteiger partial charge in [0.1, 0.15) is 12.1 Å². The summed E-state index contributed by atoms with van der Waals surface area (Å²) in [7, 11) is 0. The monoisotopic (exact) mass is 423 g/mol. The molecule has 3 aromatic rings. The van der Waals surface area contributed by atoms with E-state index in [4.69, 9.17) is 0 Å². The molecule has 2 aromatic heterocycles. The summed E-state index contributed by atoms with van der Waals surface area (Å²) in [5.74, 6) is -0.176. The number of aromatic nitrogens is 3. The Hall–Kier alpha value is -2.67. The van der Waals surface area contributed by atoms with Crippen molar-refractivity contribution < 1.29 is 4.79 Å². The van der Waals surface area contributed by atoms with Gasteiger partial charge in [-0.1, -0.05) is 31.5 Å². The maximum atomic E-state index is 13.2. The number of carbonyl (C=O) groups is 1. The fourth-order valence-corrected chi connectivity index (χ4v) is 4.99. The van der Waals surface area contributed by atoms with Crippen LogP contribution in [0.2, 0.25) is 0 Å². The number of carbonyl (C=O) groups excluding carboxylic acids is 1. The van der Waals surface area contributed by atoms with E-state index in [1.165, 1.54) is 23.9 Å². The Labute approximate surface area is 183 Å². The molecule has 0 bridgehead atoms. The van der Waals surface area contributed by atoms with Gasteiger partial charge >= 0.3 is 0 Å². The maximum absolute atomic E-state index is 13.2. The minimum Gasteiger partial charge on any atom is -0.353 e. The number of aryl methyl sites for hydroxylation is 1. The van der Waals surface area contributed by atoms with E-state index in [1.54, 1.807) is 6.20 Å². The molecule has 0 radical (unpaired) electrons. The molecule has 1 aliphatic rings. The number of hydrogen-bond acceptors (Lipinski definition) is 4. The molecule has 4 rings (SSSR count). The second-order valence-electron chi connectivity index (χ2n) is 8.76. The maximum Gasteiger partial charge on any atom is 0.291 e. The van der Waals surface area contributed by atoms with E-state index in [9.17, 15) is 9.59 Å². The average Bonchev–Trinajstić information content (AvgIpc) is 3.07. The molecule has 0 aliphatic carbocycles. The third-order valence-electron chi connectivity index (χ3n) is 6.58. The zero-order valence-corrected chi connectivity index (χ0v) is 18.8. The molecule has 1 saturated heterocycles. The summed E-state index contributed by atoms with van der Waals surface area (Å²) in [6.45, 7) is 8.71. The lowest BCUT2D eigenvalue weighted by atomic mass is 9.98. The standard InChI is InChI=1S/C24H33N5O2/c1-4-13-28-21-11-6-5-10-19(21)20-15-26-29(24(31)23(20)28)16-22(30)25-12-14-27-17(2)8-7-9-18(27)3/h5-6,10-11,15,17-18H,4,7-9,12-14,16H2,1-3H3,(H,25,30)/t17-,18-/m1/s1. The van der Waals surface area contributed by atoms with Crippen LogP contribution < -0.4 is 10.9 Å². The van der Waals surface area contributed by atoms with Gasteiger partial charge in [0.2, 0.25) is 5.91 Å². The first kappa shape index (κ1) is 21.6. The topological polar surface area (TPSA) is 72.2 Å². The van der Waals surface area contributed by atoms with Crippen LogP contribution in [-0.4, -0.2) is 50.3 Å². The molecule has 7 heteroatoms. The predicted molar refractivity (Wildman–Crippen MR) is 124 cm³/mol. The summed E-state index contributed by atoms with van der Waals surface area (Å²) in [4.78, 5) is 28.2. The second kappa shape index (κ2) is 9.22. The van der Waals surface area contributed by atoms with Crippen molar-refractivity contribution in [2.75, 3.05) is 13.1 Å². The zero-order chi connectivity index (χ0) is 22.0. The van der Waals surface area contributed by atoms with Gasteiger partial charge in [-0.2, -0.15) is 5.10 Å². The number of fused-ring (bicyclic) bond motifs is 3. The highest BCUT2D eigenvalue weighted by atomic mass is 16.2. The third-order valence-corrected chi connectivity index (χ3v) is 6.58. The number of amides is 1. The number of nitrogens with one attached hydrogen (secondary N) is 1. The molecule has 1 aromatic carbocycles. The van der Waals surface area contributed by atoms with E-state index in [-0.39, 0.29) is 18.0 Å². The van der Waals surface area contributed by atoms with Gasteiger partial charge in [-0.25, -0.2) is 4.68 Å². The SMILES string of the molecule is CCCn1c2ccccc2c2cnn(CC(=O)NCCN3[C@H](C)CCC[C@H]3C)c(=O)c21. The number of nitrogens with zero attached hydrogens (tertiary/aromatic N) is 4. The van der Waals surface area contributed by atoms with Crippen LogP contribution in [0.25, 0.3) is 21.8 Å². The van der Waals surface area contributed by atoms with E-state index >= 15 is 0 Å². The largest absolute Gasteiger partial charge is 0.353 e. The Bertz CT molecular complexity index is 1120. The fourth-order valence-electron chi connectivity index (χ4n) is 4.99. The second-order valence-corrected chi connectivity index (χ2v) is 8.76. The van der Waals surface area contributed by atoms with Crippen molar-refractivity contribution in [3.8, 4) is 0 Å². The van der Waals surface area contributed by atoms with E-state index in [0.29, 0.717) is 24.1 Å². The quantitative estimate of drug-likeness (QED) is 0.634. The summed E-state index contributed by atoms with van der Waals surface area (Å²) in [5.41, 5.74) is 1.45. The Morgan fingerprint density at radius 3 is 2.61 bits per heavy atom. The van der Waals surface area contributed by atoms with Gasteiger partial charge in [0.25, 0.3) is 5.56 Å². The number of piperidine rings is 1. The van der Waals surface area contributed by atoms with Crippen molar-refractivity contribution >= 4 is 27.7 Å². The summed E-state index contributed by atoms with van der Waals surface area (Å²) in [6.07, 6.45) is 6.34. The molecule has 166 valence electrons. The van der Waals surface area contributed by atoms with Crippen molar-refractivity contribution in [1.29, 1.82) is 0 Å². The first-order valence-corrected chi connectivity index (χ1v) is 11.5. The highest BCUT2D eigenvalue weighted by Gasteiger charge is 2.24. The van der Waals surface area contributed by atoms with Crippen LogP contribution in [0.4, 0.5) is 0 Å². The number of para-hydroxylation sites is 1. The van der Waals surface area contributed by atoms with Crippen molar-refractivity contribution in [3.05, 3.63) is 40.8 Å². The molecule has 3 heterocycles. The first-order valence-electron chi connectivity index (χ1n) is 11.5. The molecular formula is C24H33N5O2. The summed E-state index contributed by atoms with van der Waals surface area (Å²) < 4.78 is 3.34. The molecule has 31 heavy (non-hydrogen) atoms. The van der Waals surface area contributed by atoms with Crippen LogP contribution in [0.15, 0.2) is 35.3 Å². The van der Waals surface area contributed by atoms with Crippen LogP contribution in [0.5, 0.6) is 0 Å². The van der Waals surface area contributed by atoms with Crippen LogP contribution in [0.3, 0.4) is 0 Å². The Morgan fingerprint density at radius 2 is 1.87 bits per heavy atom. The van der Waals surface area contributed by atoms with Gasteiger partial charge < -0.3 is 9.88 Å². The molecule has 0 spiro atoms. The highest BCUT2D eigenvalue weighted by molar-refractivity contribution is 6.07. The van der Waals surface area contributed by atoms with Crippen molar-refractivity contribution in [2.24, 2.45) is 0 Å². The number of benzene rings is 1. The van der Waals surface area contributed by atoms with Gasteiger partial charge in [-0.3, -0.25) is 14.5 Å². The Morgan fingerprint density at radius 1 is 1.13 bits per heavy atom. The zero-order valence-electron chi connectivity index (χ0n) is 18.8. The van der Waals surface area contributed by atoms with Crippen LogP contribution in [-0.2, 0) is 17.9 Å². The Balaban J connectivity index is 1.50. The van der Waals surface area contributed by atoms with E-state index in [0.717, 1.165) is 35.8 Å². The molecule has 0 unspecified atom stereocenters. The van der Waals surface area contributed by atoms with Crippen LogP contribution >= 0.6 is 0 Å². The molecule has 2 atom stereocenters. The molecule has 1 fully saturated rings. The average molecular weight is 424 g/mol.